The zero-order valence-electron chi connectivity index (χ0n) is 13.2. The summed E-state index contributed by atoms with van der Waals surface area (Å²) < 4.78 is 0. The van der Waals surface area contributed by atoms with Gasteiger partial charge in [0, 0.05) is 17.8 Å². The molecule has 3 aromatic rings. The van der Waals surface area contributed by atoms with Gasteiger partial charge in [0.05, 0.1) is 10.7 Å². The van der Waals surface area contributed by atoms with Crippen molar-refractivity contribution in [1.82, 2.24) is 10.3 Å². The van der Waals surface area contributed by atoms with E-state index in [1.165, 1.54) is 31.9 Å². The Kier molecular flexibility index (Phi) is 4.86. The molecule has 0 aliphatic rings. The summed E-state index contributed by atoms with van der Waals surface area (Å²) in [6.45, 7) is 6.27. The first-order chi connectivity index (χ1) is 10.8. The Hall–Kier alpha value is -1.71. The summed E-state index contributed by atoms with van der Waals surface area (Å²) >= 11 is 1.85. The summed E-state index contributed by atoms with van der Waals surface area (Å²) in [6.07, 6.45) is 1.93. The number of hydrogen-bond acceptors (Lipinski definition) is 3. The van der Waals surface area contributed by atoms with Crippen LogP contribution in [0.1, 0.15) is 35.0 Å². The van der Waals surface area contributed by atoms with Gasteiger partial charge in [-0.3, -0.25) is 0 Å². The predicted octanol–water partition coefficient (Wildman–Crippen LogP) is 4.56. The van der Waals surface area contributed by atoms with Gasteiger partial charge in [-0.1, -0.05) is 56.3 Å². The number of hydrogen-bond donors (Lipinski definition) is 1. The second-order valence-corrected chi connectivity index (χ2v) is 6.59. The van der Waals surface area contributed by atoms with Gasteiger partial charge in [0.15, 0.2) is 0 Å². The van der Waals surface area contributed by atoms with Gasteiger partial charge >= 0.3 is 0 Å². The first-order valence-electron chi connectivity index (χ1n) is 7.96. The number of benzene rings is 2. The van der Waals surface area contributed by atoms with E-state index in [9.17, 15) is 0 Å². The Balaban J connectivity index is 1.90. The molecule has 3 rings (SSSR count). The number of thiazole rings is 1. The first-order valence-corrected chi connectivity index (χ1v) is 8.78. The largest absolute Gasteiger partial charge is 0.312 e. The molecule has 1 N–H and O–H groups in total. The lowest BCUT2D eigenvalue weighted by atomic mass is 10.0. The highest BCUT2D eigenvalue weighted by atomic mass is 32.1. The standard InChI is InChI=1S/C19H22N2S/c1-3-17-18(13-20-4-2)22-19(21-17)12-15-10-7-9-14-8-5-6-11-16(14)15/h5-11,20H,3-4,12-13H2,1-2H3. The molecule has 0 spiro atoms. The van der Waals surface area contributed by atoms with Crippen LogP contribution in [0.25, 0.3) is 10.8 Å². The summed E-state index contributed by atoms with van der Waals surface area (Å²) in [4.78, 5) is 6.25. The molecule has 3 heteroatoms. The number of fused-ring (bicyclic) bond motifs is 1. The molecule has 0 aliphatic carbocycles. The van der Waals surface area contributed by atoms with E-state index in [0.717, 1.165) is 25.9 Å². The van der Waals surface area contributed by atoms with Gasteiger partial charge in [-0.05, 0) is 29.3 Å². The molecule has 0 radical (unpaired) electrons. The smallest absolute Gasteiger partial charge is 0.0975 e. The third kappa shape index (κ3) is 3.21. The van der Waals surface area contributed by atoms with E-state index < -0.39 is 0 Å². The van der Waals surface area contributed by atoms with Crippen LogP contribution in [0.4, 0.5) is 0 Å². The average Bonchev–Trinajstić information content (AvgIpc) is 2.95. The topological polar surface area (TPSA) is 24.9 Å². The Labute approximate surface area is 136 Å². The van der Waals surface area contributed by atoms with Gasteiger partial charge in [0.2, 0.25) is 0 Å². The molecule has 0 aliphatic heterocycles. The summed E-state index contributed by atoms with van der Waals surface area (Å²) in [5.74, 6) is 0. The van der Waals surface area contributed by atoms with Crippen LogP contribution in [0.5, 0.6) is 0 Å². The molecule has 0 amide bonds. The number of rotatable bonds is 6. The molecule has 22 heavy (non-hydrogen) atoms. The van der Waals surface area contributed by atoms with Gasteiger partial charge in [-0.2, -0.15) is 0 Å². The molecule has 0 atom stereocenters. The van der Waals surface area contributed by atoms with E-state index in [4.69, 9.17) is 4.98 Å². The molecule has 0 saturated heterocycles. The predicted molar refractivity (Wildman–Crippen MR) is 95.6 cm³/mol. The minimum absolute atomic E-state index is 0.922. The molecule has 0 fully saturated rings. The highest BCUT2D eigenvalue weighted by Gasteiger charge is 2.11. The van der Waals surface area contributed by atoms with E-state index in [1.54, 1.807) is 0 Å². The quantitative estimate of drug-likeness (QED) is 0.722. The number of aromatic nitrogens is 1. The maximum atomic E-state index is 4.86. The van der Waals surface area contributed by atoms with E-state index in [0.29, 0.717) is 0 Å². The normalized spacial score (nSPS) is 11.2. The van der Waals surface area contributed by atoms with Crippen LogP contribution in [0.15, 0.2) is 42.5 Å². The second kappa shape index (κ2) is 7.03. The van der Waals surface area contributed by atoms with Crippen LogP contribution in [0.2, 0.25) is 0 Å². The third-order valence-corrected chi connectivity index (χ3v) is 5.01. The number of nitrogens with zero attached hydrogens (tertiary/aromatic N) is 1. The van der Waals surface area contributed by atoms with Crippen molar-refractivity contribution in [2.75, 3.05) is 6.54 Å². The molecule has 1 heterocycles. The summed E-state index contributed by atoms with van der Waals surface area (Å²) in [7, 11) is 0. The first kappa shape index (κ1) is 15.2. The molecular weight excluding hydrogens is 288 g/mol. The van der Waals surface area contributed by atoms with Gasteiger partial charge in [0.1, 0.15) is 0 Å². The summed E-state index contributed by atoms with van der Waals surface area (Å²) in [5.41, 5.74) is 2.62. The highest BCUT2D eigenvalue weighted by molar-refractivity contribution is 7.11. The summed E-state index contributed by atoms with van der Waals surface area (Å²) in [5, 5.41) is 7.28. The number of nitrogens with one attached hydrogen (secondary N) is 1. The van der Waals surface area contributed by atoms with E-state index in [-0.39, 0.29) is 0 Å². The molecule has 0 bridgehead atoms. The lowest BCUT2D eigenvalue weighted by Crippen LogP contribution is -2.11. The highest BCUT2D eigenvalue weighted by Crippen LogP contribution is 2.25. The van der Waals surface area contributed by atoms with Gasteiger partial charge in [-0.15, -0.1) is 11.3 Å². The maximum Gasteiger partial charge on any atom is 0.0975 e. The molecule has 2 nitrogen and oxygen atoms in total. The minimum Gasteiger partial charge on any atom is -0.312 e. The monoisotopic (exact) mass is 310 g/mol. The minimum atomic E-state index is 0.922. The molecule has 114 valence electrons. The van der Waals surface area contributed by atoms with Crippen LogP contribution in [0.3, 0.4) is 0 Å². The molecule has 0 unspecified atom stereocenters. The lowest BCUT2D eigenvalue weighted by molar-refractivity contribution is 0.727. The van der Waals surface area contributed by atoms with Crippen molar-refractivity contribution in [3.8, 4) is 0 Å². The van der Waals surface area contributed by atoms with Crippen LogP contribution in [-0.4, -0.2) is 11.5 Å². The molecule has 0 saturated carbocycles. The van der Waals surface area contributed by atoms with Crippen molar-refractivity contribution in [2.24, 2.45) is 0 Å². The van der Waals surface area contributed by atoms with Gasteiger partial charge in [0.25, 0.3) is 0 Å². The SMILES string of the molecule is CCNCc1sc(Cc2cccc3ccccc23)nc1CC. The van der Waals surface area contributed by atoms with Crippen LogP contribution in [0, 0.1) is 0 Å². The van der Waals surface area contributed by atoms with E-state index in [2.05, 4.69) is 61.6 Å². The Morgan fingerprint density at radius 2 is 1.86 bits per heavy atom. The number of aryl methyl sites for hydroxylation is 1. The summed E-state index contributed by atoms with van der Waals surface area (Å²) in [6, 6.07) is 15.1. The molecule has 1 aromatic heterocycles. The Morgan fingerprint density at radius 1 is 1.05 bits per heavy atom. The van der Waals surface area contributed by atoms with Crippen molar-refractivity contribution < 1.29 is 0 Å². The van der Waals surface area contributed by atoms with Crippen LogP contribution in [-0.2, 0) is 19.4 Å². The lowest BCUT2D eigenvalue weighted by Gasteiger charge is -2.04. The fraction of sp³-hybridized carbons (Fsp3) is 0.316. The fourth-order valence-electron chi connectivity index (χ4n) is 2.77. The van der Waals surface area contributed by atoms with E-state index in [1.807, 2.05) is 11.3 Å². The Morgan fingerprint density at radius 3 is 2.68 bits per heavy atom. The third-order valence-electron chi connectivity index (χ3n) is 3.91. The van der Waals surface area contributed by atoms with Crippen molar-refractivity contribution in [3.05, 3.63) is 63.6 Å². The fourth-order valence-corrected chi connectivity index (χ4v) is 3.92. The van der Waals surface area contributed by atoms with Gasteiger partial charge in [-0.25, -0.2) is 4.98 Å². The van der Waals surface area contributed by atoms with Crippen molar-refractivity contribution in [1.29, 1.82) is 0 Å². The van der Waals surface area contributed by atoms with Crippen LogP contribution < -0.4 is 5.32 Å². The zero-order valence-corrected chi connectivity index (χ0v) is 14.0. The van der Waals surface area contributed by atoms with Crippen LogP contribution >= 0.6 is 11.3 Å². The molecular formula is C19H22N2S. The maximum absolute atomic E-state index is 4.86. The second-order valence-electron chi connectivity index (χ2n) is 5.43. The zero-order chi connectivity index (χ0) is 15.4. The van der Waals surface area contributed by atoms with E-state index >= 15 is 0 Å². The van der Waals surface area contributed by atoms with Gasteiger partial charge < -0.3 is 5.32 Å². The van der Waals surface area contributed by atoms with Crippen molar-refractivity contribution in [3.63, 3.8) is 0 Å². The average molecular weight is 310 g/mol. The van der Waals surface area contributed by atoms with Crippen molar-refractivity contribution in [2.45, 2.75) is 33.2 Å². The Bertz CT molecular complexity index is 756. The van der Waals surface area contributed by atoms with Crippen molar-refractivity contribution >= 4 is 22.1 Å². The molecule has 2 aromatic carbocycles.